The molecule has 0 unspecified atom stereocenters. The Bertz CT molecular complexity index is 1420. The van der Waals surface area contributed by atoms with Gasteiger partial charge < -0.3 is 5.32 Å². The normalized spacial score (nSPS) is 14.2. The summed E-state index contributed by atoms with van der Waals surface area (Å²) in [4.78, 5) is 43.6. The third-order valence-electron chi connectivity index (χ3n) is 5.28. The fourth-order valence-electron chi connectivity index (χ4n) is 3.44. The van der Waals surface area contributed by atoms with E-state index in [-0.39, 0.29) is 29.0 Å². The number of anilines is 2. The molecule has 0 radical (unpaired) electrons. The first kappa shape index (κ1) is 25.7. The largest absolute Gasteiger partial charge is 0.325 e. The van der Waals surface area contributed by atoms with Crippen LogP contribution in [0.2, 0.25) is 10.0 Å². The topological polar surface area (TPSA) is 78.8 Å². The van der Waals surface area contributed by atoms with Crippen LogP contribution in [0.25, 0.3) is 6.08 Å². The van der Waals surface area contributed by atoms with E-state index in [0.29, 0.717) is 37.7 Å². The number of carbonyl (C=O) groups is 3. The molecule has 0 saturated heterocycles. The van der Waals surface area contributed by atoms with Gasteiger partial charge in [0.2, 0.25) is 5.91 Å². The van der Waals surface area contributed by atoms with Crippen LogP contribution in [-0.4, -0.2) is 28.5 Å². The number of aliphatic imine (C=N–C) groups is 1. The molecule has 1 N–H and O–H groups in total. The third kappa shape index (κ3) is 5.87. The number of nitrogens with zero attached hydrogens (tertiary/aromatic N) is 2. The molecule has 1 heterocycles. The number of thioether (sulfide) groups is 1. The van der Waals surface area contributed by atoms with Gasteiger partial charge in [-0.2, -0.15) is 0 Å². The van der Waals surface area contributed by atoms with Crippen molar-refractivity contribution in [1.82, 2.24) is 0 Å². The van der Waals surface area contributed by atoms with Gasteiger partial charge in [0.1, 0.15) is 5.70 Å². The van der Waals surface area contributed by atoms with Crippen molar-refractivity contribution in [2.45, 2.75) is 13.8 Å². The highest BCUT2D eigenvalue weighted by atomic mass is 35.5. The highest BCUT2D eigenvalue weighted by Gasteiger charge is 2.32. The molecule has 1 aliphatic rings. The van der Waals surface area contributed by atoms with Crippen LogP contribution in [0.3, 0.4) is 0 Å². The monoisotopic (exact) mass is 537 g/mol. The molecule has 0 fully saturated rings. The molecule has 36 heavy (non-hydrogen) atoms. The first-order valence-corrected chi connectivity index (χ1v) is 12.7. The number of ketones is 1. The van der Waals surface area contributed by atoms with E-state index in [2.05, 4.69) is 10.3 Å². The quantitative estimate of drug-likeness (QED) is 0.283. The number of halogens is 2. The van der Waals surface area contributed by atoms with E-state index < -0.39 is 0 Å². The highest BCUT2D eigenvalue weighted by molar-refractivity contribution is 8.14. The van der Waals surface area contributed by atoms with Gasteiger partial charge in [0, 0.05) is 11.3 Å². The molecule has 0 atom stereocenters. The van der Waals surface area contributed by atoms with Crippen LogP contribution in [-0.2, 0) is 9.59 Å². The van der Waals surface area contributed by atoms with Gasteiger partial charge in [0.25, 0.3) is 5.91 Å². The van der Waals surface area contributed by atoms with Gasteiger partial charge in [-0.05, 0) is 55.8 Å². The number of amides is 2. The Labute approximate surface area is 223 Å². The predicted molar refractivity (Wildman–Crippen MR) is 148 cm³/mol. The number of nitrogens with one attached hydrogen (secondary N) is 1. The van der Waals surface area contributed by atoms with E-state index >= 15 is 0 Å². The van der Waals surface area contributed by atoms with Gasteiger partial charge in [-0.15, -0.1) is 0 Å². The van der Waals surface area contributed by atoms with Crippen LogP contribution < -0.4 is 10.2 Å². The molecule has 0 spiro atoms. The summed E-state index contributed by atoms with van der Waals surface area (Å²) in [5.41, 5.74) is 3.44. The van der Waals surface area contributed by atoms with Crippen molar-refractivity contribution in [3.05, 3.63) is 99.2 Å². The number of hydrogen-bond acceptors (Lipinski definition) is 5. The lowest BCUT2D eigenvalue weighted by atomic mass is 10.1. The molecule has 0 saturated carbocycles. The lowest BCUT2D eigenvalue weighted by molar-refractivity contribution is -0.114. The summed E-state index contributed by atoms with van der Waals surface area (Å²) in [6.45, 7) is 3.42. The lowest BCUT2D eigenvalue weighted by Crippen LogP contribution is -2.31. The van der Waals surface area contributed by atoms with Crippen molar-refractivity contribution < 1.29 is 14.4 Å². The van der Waals surface area contributed by atoms with Crippen LogP contribution in [0.4, 0.5) is 11.4 Å². The molecule has 0 aromatic heterocycles. The number of Topliss-reactive ketones (excluding diaryl/α,β-unsaturated/α-hetero) is 1. The Morgan fingerprint density at radius 1 is 1.06 bits per heavy atom. The Balaban J connectivity index is 1.58. The van der Waals surface area contributed by atoms with Gasteiger partial charge >= 0.3 is 0 Å². The van der Waals surface area contributed by atoms with Gasteiger partial charge in [-0.25, -0.2) is 4.99 Å². The van der Waals surface area contributed by atoms with Gasteiger partial charge in [-0.1, -0.05) is 76.9 Å². The number of rotatable bonds is 6. The molecular weight excluding hydrogens is 517 g/mol. The average Bonchev–Trinajstić information content (AvgIpc) is 3.16. The second-order valence-corrected chi connectivity index (χ2v) is 9.74. The van der Waals surface area contributed by atoms with Crippen molar-refractivity contribution >= 4 is 75.2 Å². The summed E-state index contributed by atoms with van der Waals surface area (Å²) in [5, 5.41) is 3.84. The van der Waals surface area contributed by atoms with Crippen molar-refractivity contribution in [3.8, 4) is 0 Å². The molecule has 2 amide bonds. The van der Waals surface area contributed by atoms with E-state index in [1.807, 2.05) is 31.2 Å². The summed E-state index contributed by atoms with van der Waals surface area (Å²) >= 11 is 13.6. The molecule has 9 heteroatoms. The Kier molecular flexibility index (Phi) is 7.94. The maximum Gasteiger partial charge on any atom is 0.283 e. The van der Waals surface area contributed by atoms with E-state index in [1.54, 1.807) is 48.5 Å². The zero-order valence-electron chi connectivity index (χ0n) is 19.4. The van der Waals surface area contributed by atoms with Crippen LogP contribution in [0.15, 0.2) is 77.4 Å². The first-order valence-electron chi connectivity index (χ1n) is 10.9. The highest BCUT2D eigenvalue weighted by Crippen LogP contribution is 2.32. The number of amidine groups is 1. The van der Waals surface area contributed by atoms with E-state index in [9.17, 15) is 14.4 Å². The standard InChI is InChI=1S/C27H21Cl2N3O3S/c1-16-9-11-21(12-10-16)32-26(35)23(14-19-6-4-8-22(28)25(19)29)31-27(32)36-15-24(34)30-20-7-3-5-18(13-20)17(2)33/h3-14H,15H2,1-2H3,(H,30,34). The summed E-state index contributed by atoms with van der Waals surface area (Å²) in [7, 11) is 0. The maximum atomic E-state index is 13.4. The summed E-state index contributed by atoms with van der Waals surface area (Å²) in [6, 6.07) is 19.3. The van der Waals surface area contributed by atoms with Crippen molar-refractivity contribution in [2.75, 3.05) is 16.0 Å². The smallest absolute Gasteiger partial charge is 0.283 e. The number of benzene rings is 3. The summed E-state index contributed by atoms with van der Waals surface area (Å²) in [6.07, 6.45) is 1.58. The average molecular weight is 538 g/mol. The SMILES string of the molecule is CC(=O)c1cccc(NC(=O)CSC2=NC(=Cc3cccc(Cl)c3Cl)C(=O)N2c2ccc(C)cc2)c1. The van der Waals surface area contributed by atoms with Gasteiger partial charge in [-0.3, -0.25) is 19.3 Å². The summed E-state index contributed by atoms with van der Waals surface area (Å²) in [5.74, 6) is -0.724. The Morgan fingerprint density at radius 2 is 1.78 bits per heavy atom. The number of carbonyl (C=O) groups excluding carboxylic acids is 3. The van der Waals surface area contributed by atoms with Crippen LogP contribution in [0.5, 0.6) is 0 Å². The second kappa shape index (κ2) is 11.1. The van der Waals surface area contributed by atoms with Crippen LogP contribution in [0.1, 0.15) is 28.4 Å². The second-order valence-electron chi connectivity index (χ2n) is 8.02. The Hall–Kier alpha value is -3.39. The lowest BCUT2D eigenvalue weighted by Gasteiger charge is -2.18. The minimum absolute atomic E-state index is 0.00394. The third-order valence-corrected chi connectivity index (χ3v) is 7.05. The molecule has 0 bridgehead atoms. The maximum absolute atomic E-state index is 13.4. The first-order chi connectivity index (χ1) is 17.2. The van der Waals surface area contributed by atoms with Crippen molar-refractivity contribution in [2.24, 2.45) is 4.99 Å². The molecule has 0 aliphatic carbocycles. The molecule has 3 aromatic carbocycles. The molecule has 3 aromatic rings. The Morgan fingerprint density at radius 3 is 2.50 bits per heavy atom. The van der Waals surface area contributed by atoms with E-state index in [0.717, 1.165) is 17.3 Å². The molecule has 4 rings (SSSR count). The zero-order valence-corrected chi connectivity index (χ0v) is 21.7. The van der Waals surface area contributed by atoms with E-state index in [4.69, 9.17) is 23.2 Å². The minimum Gasteiger partial charge on any atom is -0.325 e. The summed E-state index contributed by atoms with van der Waals surface area (Å²) < 4.78 is 0. The molecule has 6 nitrogen and oxygen atoms in total. The predicted octanol–water partition coefficient (Wildman–Crippen LogP) is 6.62. The van der Waals surface area contributed by atoms with E-state index in [1.165, 1.54) is 11.8 Å². The van der Waals surface area contributed by atoms with Gasteiger partial charge in [0.05, 0.1) is 21.5 Å². The van der Waals surface area contributed by atoms with Crippen molar-refractivity contribution in [3.63, 3.8) is 0 Å². The fraction of sp³-hybridized carbons (Fsp3) is 0.111. The molecule has 1 aliphatic heterocycles. The zero-order chi connectivity index (χ0) is 25.8. The van der Waals surface area contributed by atoms with Crippen LogP contribution >= 0.6 is 35.0 Å². The fourth-order valence-corrected chi connectivity index (χ4v) is 4.61. The molecular formula is C27H21Cl2N3O3S. The number of hydrogen-bond donors (Lipinski definition) is 1. The minimum atomic E-state index is -0.341. The number of aryl methyl sites for hydroxylation is 1. The van der Waals surface area contributed by atoms with Crippen molar-refractivity contribution in [1.29, 1.82) is 0 Å². The van der Waals surface area contributed by atoms with Crippen LogP contribution in [0, 0.1) is 6.92 Å². The molecule has 182 valence electrons. The van der Waals surface area contributed by atoms with Gasteiger partial charge in [0.15, 0.2) is 11.0 Å².